The minimum Gasteiger partial charge on any atom is -0.350 e. The Kier molecular flexibility index (Phi) is 11.1. The van der Waals surface area contributed by atoms with E-state index in [4.69, 9.17) is 0 Å². The summed E-state index contributed by atoms with van der Waals surface area (Å²) in [5.74, 6) is -0.958. The molecule has 0 aliphatic heterocycles. The van der Waals surface area contributed by atoms with Gasteiger partial charge in [-0.2, -0.15) is 0 Å². The number of nitrogens with zero attached hydrogens (tertiary/aromatic N) is 2. The molecular weight excluding hydrogens is 567 g/mol. The highest BCUT2D eigenvalue weighted by atomic mass is 32.2. The third-order valence-electron chi connectivity index (χ3n) is 6.95. The molecule has 0 aliphatic rings. The number of aromatic nitrogens is 1. The van der Waals surface area contributed by atoms with E-state index in [-0.39, 0.29) is 49.2 Å². The van der Waals surface area contributed by atoms with Crippen molar-refractivity contribution < 1.29 is 22.4 Å². The molecule has 0 unspecified atom stereocenters. The van der Waals surface area contributed by atoms with Crippen molar-refractivity contribution in [3.05, 3.63) is 131 Å². The monoisotopic (exact) mass is 602 g/mol. The summed E-state index contributed by atoms with van der Waals surface area (Å²) < 4.78 is 40.7. The van der Waals surface area contributed by atoms with Crippen LogP contribution in [0.3, 0.4) is 0 Å². The SMILES string of the molecule is CCNS(=O)(=O)c1ccc(CCC(=O)N(Cc2ccc(F)cc2)[C@@H](Cc2ccccc2)C(=O)NCc2ccncc2)cc1. The molecule has 0 aliphatic carbocycles. The van der Waals surface area contributed by atoms with Gasteiger partial charge in [-0.3, -0.25) is 14.6 Å². The van der Waals surface area contributed by atoms with E-state index >= 15 is 0 Å². The number of rotatable bonds is 14. The molecule has 4 rings (SSSR count). The van der Waals surface area contributed by atoms with E-state index in [9.17, 15) is 22.4 Å². The van der Waals surface area contributed by atoms with Gasteiger partial charge in [0.2, 0.25) is 21.8 Å². The molecule has 1 aromatic heterocycles. The van der Waals surface area contributed by atoms with Crippen LogP contribution in [0, 0.1) is 5.82 Å². The smallest absolute Gasteiger partial charge is 0.243 e. The maximum Gasteiger partial charge on any atom is 0.243 e. The summed E-state index contributed by atoms with van der Waals surface area (Å²) in [6, 6.07) is 24.5. The molecule has 2 N–H and O–H groups in total. The Bertz CT molecular complexity index is 1580. The normalized spacial score (nSPS) is 12.0. The summed E-state index contributed by atoms with van der Waals surface area (Å²) in [5, 5.41) is 2.97. The first kappa shape index (κ1) is 31.5. The van der Waals surface area contributed by atoms with Gasteiger partial charge < -0.3 is 10.2 Å². The molecule has 3 aromatic carbocycles. The van der Waals surface area contributed by atoms with Crippen molar-refractivity contribution in [1.82, 2.24) is 19.9 Å². The van der Waals surface area contributed by atoms with E-state index < -0.39 is 21.9 Å². The van der Waals surface area contributed by atoms with Crippen molar-refractivity contribution in [3.8, 4) is 0 Å². The maximum atomic E-state index is 13.9. The minimum absolute atomic E-state index is 0.0867. The molecule has 0 saturated heterocycles. The second kappa shape index (κ2) is 15.2. The number of benzene rings is 3. The lowest BCUT2D eigenvalue weighted by atomic mass is 10.0. The number of pyridine rings is 1. The van der Waals surface area contributed by atoms with Crippen LogP contribution in [0.25, 0.3) is 0 Å². The van der Waals surface area contributed by atoms with Gasteiger partial charge >= 0.3 is 0 Å². The standard InChI is InChI=1S/C33H35FN4O4S/c1-2-37-43(41,42)30-15-10-25(11-16-30)12-17-32(39)38(24-28-8-13-29(34)14-9-28)31(22-26-6-4-3-5-7-26)33(40)36-23-27-18-20-35-21-19-27/h3-11,13-16,18-21,31,37H,2,12,17,22-24H2,1H3,(H,36,40)/t31-/m0/s1. The van der Waals surface area contributed by atoms with Crippen LogP contribution in [0.1, 0.15) is 35.6 Å². The second-order valence-electron chi connectivity index (χ2n) is 10.1. The van der Waals surface area contributed by atoms with Gasteiger partial charge in [0, 0.05) is 44.9 Å². The van der Waals surface area contributed by atoms with Gasteiger partial charge in [0.1, 0.15) is 11.9 Å². The first-order valence-electron chi connectivity index (χ1n) is 14.1. The molecule has 2 amide bonds. The van der Waals surface area contributed by atoms with Gasteiger partial charge in [0.05, 0.1) is 4.90 Å². The number of hydrogen-bond donors (Lipinski definition) is 2. The number of hydrogen-bond acceptors (Lipinski definition) is 5. The number of amides is 2. The van der Waals surface area contributed by atoms with Gasteiger partial charge in [-0.25, -0.2) is 17.5 Å². The molecule has 1 heterocycles. The van der Waals surface area contributed by atoms with Crippen molar-refractivity contribution in [2.45, 2.75) is 50.2 Å². The molecule has 0 fully saturated rings. The van der Waals surface area contributed by atoms with Crippen molar-refractivity contribution in [1.29, 1.82) is 0 Å². The Morgan fingerprint density at radius 3 is 2.14 bits per heavy atom. The molecule has 0 bridgehead atoms. The van der Waals surface area contributed by atoms with Crippen LogP contribution in [0.5, 0.6) is 0 Å². The van der Waals surface area contributed by atoms with E-state index in [1.54, 1.807) is 48.5 Å². The van der Waals surface area contributed by atoms with E-state index in [0.29, 0.717) is 12.0 Å². The predicted molar refractivity (Wildman–Crippen MR) is 163 cm³/mol. The Labute approximate surface area is 252 Å². The van der Waals surface area contributed by atoms with Crippen LogP contribution in [0.4, 0.5) is 4.39 Å². The van der Waals surface area contributed by atoms with Gasteiger partial charge in [-0.1, -0.05) is 61.5 Å². The molecule has 8 nitrogen and oxygen atoms in total. The van der Waals surface area contributed by atoms with Crippen LogP contribution in [0.2, 0.25) is 0 Å². The lowest BCUT2D eigenvalue weighted by Crippen LogP contribution is -2.50. The number of carbonyl (C=O) groups excluding carboxylic acids is 2. The van der Waals surface area contributed by atoms with E-state index in [1.807, 2.05) is 42.5 Å². The largest absolute Gasteiger partial charge is 0.350 e. The second-order valence-corrected chi connectivity index (χ2v) is 11.8. The Balaban J connectivity index is 1.58. The van der Waals surface area contributed by atoms with Crippen LogP contribution >= 0.6 is 0 Å². The topological polar surface area (TPSA) is 108 Å². The fourth-order valence-electron chi connectivity index (χ4n) is 4.65. The number of nitrogens with one attached hydrogen (secondary N) is 2. The van der Waals surface area contributed by atoms with Crippen molar-refractivity contribution in [3.63, 3.8) is 0 Å². The fraction of sp³-hybridized carbons (Fsp3) is 0.242. The third-order valence-corrected chi connectivity index (χ3v) is 8.51. The lowest BCUT2D eigenvalue weighted by molar-refractivity contribution is -0.141. The van der Waals surface area contributed by atoms with Gasteiger partial charge in [0.15, 0.2) is 0 Å². The van der Waals surface area contributed by atoms with E-state index in [1.165, 1.54) is 24.3 Å². The summed E-state index contributed by atoms with van der Waals surface area (Å²) in [5.41, 5.74) is 3.23. The van der Waals surface area contributed by atoms with Crippen molar-refractivity contribution >= 4 is 21.8 Å². The molecule has 1 atom stereocenters. The Hall–Kier alpha value is -4.41. The zero-order chi connectivity index (χ0) is 30.7. The highest BCUT2D eigenvalue weighted by molar-refractivity contribution is 7.89. The molecular formula is C33H35FN4O4S. The summed E-state index contributed by atoms with van der Waals surface area (Å²) in [6.45, 7) is 2.37. The summed E-state index contributed by atoms with van der Waals surface area (Å²) >= 11 is 0. The van der Waals surface area contributed by atoms with Crippen molar-refractivity contribution in [2.24, 2.45) is 0 Å². The first-order valence-corrected chi connectivity index (χ1v) is 15.6. The van der Waals surface area contributed by atoms with Gasteiger partial charge in [-0.05, 0) is 65.1 Å². The number of sulfonamides is 1. The predicted octanol–water partition coefficient (Wildman–Crippen LogP) is 4.41. The molecule has 224 valence electrons. The van der Waals surface area contributed by atoms with Crippen LogP contribution < -0.4 is 10.0 Å². The first-order chi connectivity index (χ1) is 20.7. The number of halogens is 1. The van der Waals surface area contributed by atoms with Crippen molar-refractivity contribution in [2.75, 3.05) is 6.54 Å². The zero-order valence-corrected chi connectivity index (χ0v) is 24.8. The Morgan fingerprint density at radius 1 is 0.837 bits per heavy atom. The van der Waals surface area contributed by atoms with Gasteiger partial charge in [-0.15, -0.1) is 0 Å². The average molecular weight is 603 g/mol. The van der Waals surface area contributed by atoms with Crippen LogP contribution in [-0.4, -0.2) is 42.7 Å². The van der Waals surface area contributed by atoms with E-state index in [2.05, 4.69) is 15.0 Å². The third kappa shape index (κ3) is 9.29. The molecule has 10 heteroatoms. The summed E-state index contributed by atoms with van der Waals surface area (Å²) in [4.78, 5) is 33.3. The fourth-order valence-corrected chi connectivity index (χ4v) is 5.69. The number of aryl methyl sites for hydroxylation is 1. The highest BCUT2D eigenvalue weighted by Gasteiger charge is 2.30. The van der Waals surface area contributed by atoms with Crippen LogP contribution in [0.15, 0.2) is 108 Å². The molecule has 0 saturated carbocycles. The van der Waals surface area contributed by atoms with E-state index in [0.717, 1.165) is 16.7 Å². The van der Waals surface area contributed by atoms with Crippen LogP contribution in [-0.2, 0) is 45.5 Å². The molecule has 0 spiro atoms. The number of carbonyl (C=O) groups is 2. The molecule has 43 heavy (non-hydrogen) atoms. The zero-order valence-electron chi connectivity index (χ0n) is 23.9. The summed E-state index contributed by atoms with van der Waals surface area (Å²) in [7, 11) is -3.59. The molecule has 4 aromatic rings. The average Bonchev–Trinajstić information content (AvgIpc) is 3.02. The van der Waals surface area contributed by atoms with Gasteiger partial charge in [0.25, 0.3) is 0 Å². The quantitative estimate of drug-likeness (QED) is 0.222. The Morgan fingerprint density at radius 2 is 1.49 bits per heavy atom. The maximum absolute atomic E-state index is 13.9. The molecule has 0 radical (unpaired) electrons. The summed E-state index contributed by atoms with van der Waals surface area (Å²) in [6.07, 6.45) is 4.01. The highest BCUT2D eigenvalue weighted by Crippen LogP contribution is 2.18. The minimum atomic E-state index is -3.59. The lowest BCUT2D eigenvalue weighted by Gasteiger charge is -2.31.